The zero-order valence-corrected chi connectivity index (χ0v) is 10.3. The van der Waals surface area contributed by atoms with Crippen molar-refractivity contribution in [3.8, 4) is 0 Å². The van der Waals surface area contributed by atoms with Crippen molar-refractivity contribution in [2.24, 2.45) is 7.05 Å². The van der Waals surface area contributed by atoms with Gasteiger partial charge in [0.2, 0.25) is 5.95 Å². The summed E-state index contributed by atoms with van der Waals surface area (Å²) >= 11 is 1.34. The molecule has 6 nitrogen and oxygen atoms in total. The van der Waals surface area contributed by atoms with Gasteiger partial charge in [-0.1, -0.05) is 18.7 Å². The Labute approximate surface area is 93.2 Å². The van der Waals surface area contributed by atoms with E-state index in [0.717, 1.165) is 0 Å². The minimum absolute atomic E-state index is 0.154. The average molecular weight is 250 g/mol. The van der Waals surface area contributed by atoms with Crippen molar-refractivity contribution < 1.29 is 8.42 Å². The second kappa shape index (κ2) is 4.84. The molecule has 0 saturated carbocycles. The molecule has 0 aromatic carbocycles. The number of anilines is 1. The number of sulfone groups is 1. The number of aromatic nitrogens is 3. The first kappa shape index (κ1) is 12.3. The van der Waals surface area contributed by atoms with Gasteiger partial charge in [0.05, 0.1) is 5.75 Å². The van der Waals surface area contributed by atoms with Crippen LogP contribution in [0.4, 0.5) is 5.95 Å². The van der Waals surface area contributed by atoms with E-state index in [0.29, 0.717) is 16.9 Å². The number of nitrogen functional groups attached to an aromatic ring is 1. The number of thioether (sulfide) groups is 1. The van der Waals surface area contributed by atoms with Crippen LogP contribution in [0.3, 0.4) is 0 Å². The number of nitrogens with zero attached hydrogens (tertiary/aromatic N) is 3. The third-order valence-electron chi connectivity index (χ3n) is 1.93. The highest BCUT2D eigenvalue weighted by atomic mass is 32.2. The molecule has 8 heteroatoms. The molecule has 15 heavy (non-hydrogen) atoms. The highest BCUT2D eigenvalue weighted by Crippen LogP contribution is 2.16. The second-order valence-electron chi connectivity index (χ2n) is 2.98. The maximum atomic E-state index is 11.2. The Bertz CT molecular complexity index is 426. The van der Waals surface area contributed by atoms with E-state index in [4.69, 9.17) is 5.73 Å². The molecule has 1 rings (SSSR count). The average Bonchev–Trinajstić information content (AvgIpc) is 2.49. The minimum Gasteiger partial charge on any atom is -0.368 e. The van der Waals surface area contributed by atoms with Crippen LogP contribution in [0.15, 0.2) is 5.16 Å². The van der Waals surface area contributed by atoms with Crippen molar-refractivity contribution in [2.75, 3.05) is 23.0 Å². The summed E-state index contributed by atoms with van der Waals surface area (Å²) in [6, 6.07) is 0. The van der Waals surface area contributed by atoms with E-state index in [-0.39, 0.29) is 11.5 Å². The third-order valence-corrected chi connectivity index (χ3v) is 4.92. The van der Waals surface area contributed by atoms with Crippen molar-refractivity contribution in [2.45, 2.75) is 12.1 Å². The summed E-state index contributed by atoms with van der Waals surface area (Å²) in [6.07, 6.45) is 0. The van der Waals surface area contributed by atoms with Crippen LogP contribution >= 0.6 is 11.8 Å². The maximum absolute atomic E-state index is 11.2. The molecule has 1 heterocycles. The van der Waals surface area contributed by atoms with Gasteiger partial charge in [-0.3, -0.25) is 4.57 Å². The number of hydrogen-bond acceptors (Lipinski definition) is 6. The van der Waals surface area contributed by atoms with Crippen molar-refractivity contribution in [3.63, 3.8) is 0 Å². The largest absolute Gasteiger partial charge is 0.368 e. The van der Waals surface area contributed by atoms with E-state index in [2.05, 4.69) is 10.2 Å². The van der Waals surface area contributed by atoms with E-state index in [1.165, 1.54) is 11.8 Å². The van der Waals surface area contributed by atoms with Gasteiger partial charge in [-0.05, 0) is 0 Å². The topological polar surface area (TPSA) is 90.9 Å². The van der Waals surface area contributed by atoms with Crippen LogP contribution in [-0.4, -0.2) is 40.4 Å². The van der Waals surface area contributed by atoms with Gasteiger partial charge in [-0.25, -0.2) is 8.42 Å². The molecule has 0 aliphatic heterocycles. The van der Waals surface area contributed by atoms with Gasteiger partial charge < -0.3 is 5.73 Å². The number of hydrogen-bond donors (Lipinski definition) is 1. The van der Waals surface area contributed by atoms with Crippen molar-refractivity contribution in [1.82, 2.24) is 14.8 Å². The lowest BCUT2D eigenvalue weighted by Gasteiger charge is -2.01. The Morgan fingerprint density at radius 2 is 2.13 bits per heavy atom. The summed E-state index contributed by atoms with van der Waals surface area (Å²) in [5.41, 5.74) is 5.48. The summed E-state index contributed by atoms with van der Waals surface area (Å²) in [7, 11) is -1.16. The van der Waals surface area contributed by atoms with Crippen LogP contribution in [0.25, 0.3) is 0 Å². The predicted octanol–water partition coefficient (Wildman–Crippen LogP) is -0.0759. The molecule has 0 aliphatic carbocycles. The van der Waals surface area contributed by atoms with Crippen molar-refractivity contribution in [3.05, 3.63) is 0 Å². The minimum atomic E-state index is -2.91. The highest BCUT2D eigenvalue weighted by molar-refractivity contribution is 8.00. The fourth-order valence-electron chi connectivity index (χ4n) is 0.856. The van der Waals surface area contributed by atoms with Gasteiger partial charge in [0.15, 0.2) is 15.0 Å². The van der Waals surface area contributed by atoms with E-state index in [1.807, 2.05) is 0 Å². The SMILES string of the molecule is CCS(=O)(=O)CCSc1nnc(N)n1C. The molecule has 0 atom stereocenters. The maximum Gasteiger partial charge on any atom is 0.222 e. The molecule has 0 unspecified atom stereocenters. The summed E-state index contributed by atoms with van der Waals surface area (Å²) in [6.45, 7) is 1.64. The van der Waals surface area contributed by atoms with Crippen LogP contribution in [0.5, 0.6) is 0 Å². The Kier molecular flexibility index (Phi) is 3.97. The molecule has 0 aliphatic rings. The van der Waals surface area contributed by atoms with Crippen LogP contribution in [0, 0.1) is 0 Å². The molecular weight excluding hydrogens is 236 g/mol. The quantitative estimate of drug-likeness (QED) is 0.735. The third kappa shape index (κ3) is 3.38. The first-order valence-corrected chi connectivity index (χ1v) is 7.25. The summed E-state index contributed by atoms with van der Waals surface area (Å²) < 4.78 is 24.0. The Morgan fingerprint density at radius 3 is 2.60 bits per heavy atom. The van der Waals surface area contributed by atoms with Crippen LogP contribution < -0.4 is 5.73 Å². The Hall–Kier alpha value is -0.760. The molecule has 86 valence electrons. The summed E-state index contributed by atoms with van der Waals surface area (Å²) in [5.74, 6) is 1.13. The Balaban J connectivity index is 2.49. The normalized spacial score (nSPS) is 11.9. The van der Waals surface area contributed by atoms with Gasteiger partial charge >= 0.3 is 0 Å². The fourth-order valence-corrected chi connectivity index (χ4v) is 3.06. The van der Waals surface area contributed by atoms with E-state index in [1.54, 1.807) is 18.5 Å². The monoisotopic (exact) mass is 250 g/mol. The summed E-state index contributed by atoms with van der Waals surface area (Å²) in [4.78, 5) is 0. The predicted molar refractivity (Wildman–Crippen MR) is 60.5 cm³/mol. The molecule has 0 fully saturated rings. The molecule has 2 N–H and O–H groups in total. The van der Waals surface area contributed by atoms with E-state index < -0.39 is 9.84 Å². The second-order valence-corrected chi connectivity index (χ2v) is 6.52. The summed E-state index contributed by atoms with van der Waals surface area (Å²) in [5, 5.41) is 8.13. The zero-order chi connectivity index (χ0) is 11.5. The van der Waals surface area contributed by atoms with Crippen LogP contribution in [0.1, 0.15) is 6.92 Å². The van der Waals surface area contributed by atoms with Gasteiger partial charge in [0, 0.05) is 18.6 Å². The molecule has 0 spiro atoms. The Morgan fingerprint density at radius 1 is 1.47 bits per heavy atom. The lowest BCUT2D eigenvalue weighted by atomic mass is 10.9. The zero-order valence-electron chi connectivity index (χ0n) is 8.67. The van der Waals surface area contributed by atoms with Gasteiger partial charge in [0.1, 0.15) is 0 Å². The molecule has 0 bridgehead atoms. The van der Waals surface area contributed by atoms with E-state index in [9.17, 15) is 8.42 Å². The molecular formula is C7H14N4O2S2. The van der Waals surface area contributed by atoms with Crippen molar-refractivity contribution >= 4 is 27.5 Å². The number of rotatable bonds is 5. The smallest absolute Gasteiger partial charge is 0.222 e. The lowest BCUT2D eigenvalue weighted by molar-refractivity contribution is 0.598. The van der Waals surface area contributed by atoms with Crippen LogP contribution in [0.2, 0.25) is 0 Å². The van der Waals surface area contributed by atoms with Crippen LogP contribution in [-0.2, 0) is 16.9 Å². The molecule has 0 saturated heterocycles. The molecule has 0 amide bonds. The van der Waals surface area contributed by atoms with Crippen molar-refractivity contribution in [1.29, 1.82) is 0 Å². The van der Waals surface area contributed by atoms with Gasteiger partial charge in [-0.15, -0.1) is 10.2 Å². The highest BCUT2D eigenvalue weighted by Gasteiger charge is 2.10. The fraction of sp³-hybridized carbons (Fsp3) is 0.714. The lowest BCUT2D eigenvalue weighted by Crippen LogP contribution is -2.10. The molecule has 1 aromatic heterocycles. The number of nitrogens with two attached hydrogens (primary N) is 1. The van der Waals surface area contributed by atoms with Gasteiger partial charge in [-0.2, -0.15) is 0 Å². The standard InChI is InChI=1S/C7H14N4O2S2/c1-3-15(12,13)5-4-14-7-10-9-6(8)11(7)2/h3-5H2,1-2H3,(H2,8,9). The van der Waals surface area contributed by atoms with E-state index >= 15 is 0 Å². The van der Waals surface area contributed by atoms with Gasteiger partial charge in [0.25, 0.3) is 0 Å². The first-order chi connectivity index (χ1) is 6.96. The first-order valence-electron chi connectivity index (χ1n) is 4.44. The molecule has 0 radical (unpaired) electrons. The molecule has 1 aromatic rings.